The first-order valence-corrected chi connectivity index (χ1v) is 7.14. The standard InChI is InChI=1S/C17H18N4O/c1-12-5-6-15(13(2)10-12)20-17-18-8-7-16(21-17)19-11-14-4-3-9-22-14/h3-10H,11H2,1-2H3,(H2,18,19,20,21). The Bertz CT molecular complexity index is 753. The van der Waals surface area contributed by atoms with Crippen molar-refractivity contribution in [1.29, 1.82) is 0 Å². The minimum absolute atomic E-state index is 0.566. The smallest absolute Gasteiger partial charge is 0.229 e. The molecule has 0 saturated heterocycles. The molecule has 3 rings (SSSR count). The summed E-state index contributed by atoms with van der Waals surface area (Å²) in [6, 6.07) is 11.8. The number of aryl methyl sites for hydroxylation is 2. The Hall–Kier alpha value is -2.82. The predicted molar refractivity (Wildman–Crippen MR) is 87.3 cm³/mol. The van der Waals surface area contributed by atoms with E-state index < -0.39 is 0 Å². The van der Waals surface area contributed by atoms with Gasteiger partial charge < -0.3 is 15.1 Å². The van der Waals surface area contributed by atoms with Crippen molar-refractivity contribution in [3.05, 3.63) is 65.7 Å². The van der Waals surface area contributed by atoms with Gasteiger partial charge in [-0.2, -0.15) is 4.98 Å². The Balaban J connectivity index is 1.70. The molecule has 0 unspecified atom stereocenters. The van der Waals surface area contributed by atoms with E-state index >= 15 is 0 Å². The largest absolute Gasteiger partial charge is 0.467 e. The molecule has 0 amide bonds. The van der Waals surface area contributed by atoms with Crippen molar-refractivity contribution in [2.75, 3.05) is 10.6 Å². The van der Waals surface area contributed by atoms with Gasteiger partial charge in [0, 0.05) is 11.9 Å². The summed E-state index contributed by atoms with van der Waals surface area (Å²) in [6.07, 6.45) is 3.38. The Morgan fingerprint density at radius 1 is 1.14 bits per heavy atom. The molecule has 3 aromatic rings. The van der Waals surface area contributed by atoms with Crippen LogP contribution < -0.4 is 10.6 Å². The number of rotatable bonds is 5. The molecule has 22 heavy (non-hydrogen) atoms. The highest BCUT2D eigenvalue weighted by Crippen LogP contribution is 2.20. The van der Waals surface area contributed by atoms with E-state index in [2.05, 4.69) is 46.6 Å². The average molecular weight is 294 g/mol. The summed E-state index contributed by atoms with van der Waals surface area (Å²) in [7, 11) is 0. The molecule has 0 aliphatic rings. The van der Waals surface area contributed by atoms with Crippen molar-refractivity contribution in [2.45, 2.75) is 20.4 Å². The lowest BCUT2D eigenvalue weighted by atomic mass is 10.1. The molecular formula is C17H18N4O. The molecule has 1 aromatic carbocycles. The van der Waals surface area contributed by atoms with Gasteiger partial charge >= 0.3 is 0 Å². The molecule has 0 aliphatic carbocycles. The molecule has 2 heterocycles. The van der Waals surface area contributed by atoms with Gasteiger partial charge in [0.15, 0.2) is 0 Å². The minimum Gasteiger partial charge on any atom is -0.467 e. The van der Waals surface area contributed by atoms with Crippen molar-refractivity contribution in [1.82, 2.24) is 9.97 Å². The fourth-order valence-corrected chi connectivity index (χ4v) is 2.18. The van der Waals surface area contributed by atoms with E-state index in [9.17, 15) is 0 Å². The number of aromatic nitrogens is 2. The van der Waals surface area contributed by atoms with E-state index in [4.69, 9.17) is 4.42 Å². The second kappa shape index (κ2) is 6.30. The summed E-state index contributed by atoms with van der Waals surface area (Å²) in [5, 5.41) is 6.46. The Labute approximate surface area is 129 Å². The Kier molecular flexibility index (Phi) is 4.05. The van der Waals surface area contributed by atoms with Crippen molar-refractivity contribution < 1.29 is 4.42 Å². The maximum Gasteiger partial charge on any atom is 0.229 e. The number of benzene rings is 1. The zero-order valence-electron chi connectivity index (χ0n) is 12.6. The lowest BCUT2D eigenvalue weighted by Crippen LogP contribution is -2.04. The third-order valence-corrected chi connectivity index (χ3v) is 3.31. The quantitative estimate of drug-likeness (QED) is 0.743. The SMILES string of the molecule is Cc1ccc(Nc2nccc(NCc3ccco3)n2)c(C)c1. The number of hydrogen-bond donors (Lipinski definition) is 2. The van der Waals surface area contributed by atoms with Crippen molar-refractivity contribution >= 4 is 17.5 Å². The summed E-state index contributed by atoms with van der Waals surface area (Å²) < 4.78 is 5.29. The molecule has 2 N–H and O–H groups in total. The molecule has 0 bridgehead atoms. The highest BCUT2D eigenvalue weighted by molar-refractivity contribution is 5.59. The topological polar surface area (TPSA) is 63.0 Å². The maximum absolute atomic E-state index is 5.29. The minimum atomic E-state index is 0.566. The molecule has 5 heteroatoms. The van der Waals surface area contributed by atoms with Crippen LogP contribution in [-0.4, -0.2) is 9.97 Å². The van der Waals surface area contributed by atoms with E-state index in [1.54, 1.807) is 12.5 Å². The van der Waals surface area contributed by atoms with E-state index in [1.807, 2.05) is 24.3 Å². The van der Waals surface area contributed by atoms with Crippen LogP contribution in [0.5, 0.6) is 0 Å². The van der Waals surface area contributed by atoms with Crippen LogP contribution >= 0.6 is 0 Å². The molecule has 0 radical (unpaired) electrons. The van der Waals surface area contributed by atoms with Gasteiger partial charge in [0.25, 0.3) is 0 Å². The molecule has 0 aliphatic heterocycles. The predicted octanol–water partition coefficient (Wildman–Crippen LogP) is 4.04. The molecule has 112 valence electrons. The van der Waals surface area contributed by atoms with Crippen LogP contribution in [0.25, 0.3) is 0 Å². The second-order valence-electron chi connectivity index (χ2n) is 5.14. The van der Waals surface area contributed by atoms with Gasteiger partial charge in [-0.15, -0.1) is 0 Å². The molecular weight excluding hydrogens is 276 g/mol. The van der Waals surface area contributed by atoms with Crippen LogP contribution in [0.3, 0.4) is 0 Å². The lowest BCUT2D eigenvalue weighted by molar-refractivity contribution is 0.518. The van der Waals surface area contributed by atoms with Crippen molar-refractivity contribution in [3.8, 4) is 0 Å². The summed E-state index contributed by atoms with van der Waals surface area (Å²) in [6.45, 7) is 4.73. The first kappa shape index (κ1) is 14.1. The van der Waals surface area contributed by atoms with Crippen LogP contribution in [0.2, 0.25) is 0 Å². The average Bonchev–Trinajstić information content (AvgIpc) is 3.02. The fraction of sp³-hybridized carbons (Fsp3) is 0.176. The van der Waals surface area contributed by atoms with Crippen LogP contribution in [0.15, 0.2) is 53.3 Å². The normalized spacial score (nSPS) is 10.5. The van der Waals surface area contributed by atoms with Crippen molar-refractivity contribution in [3.63, 3.8) is 0 Å². The van der Waals surface area contributed by atoms with Gasteiger partial charge in [-0.05, 0) is 43.7 Å². The van der Waals surface area contributed by atoms with Crippen LogP contribution in [0.1, 0.15) is 16.9 Å². The van der Waals surface area contributed by atoms with E-state index in [0.717, 1.165) is 22.8 Å². The molecule has 0 spiro atoms. The number of furan rings is 1. The van der Waals surface area contributed by atoms with Gasteiger partial charge in [0.05, 0.1) is 12.8 Å². The van der Waals surface area contributed by atoms with Crippen LogP contribution in [0, 0.1) is 13.8 Å². The van der Waals surface area contributed by atoms with Crippen LogP contribution in [-0.2, 0) is 6.54 Å². The molecule has 2 aromatic heterocycles. The van der Waals surface area contributed by atoms with Crippen molar-refractivity contribution in [2.24, 2.45) is 0 Å². The maximum atomic E-state index is 5.29. The number of anilines is 3. The van der Waals surface area contributed by atoms with Crippen LogP contribution in [0.4, 0.5) is 17.5 Å². The van der Waals surface area contributed by atoms with E-state index in [-0.39, 0.29) is 0 Å². The highest BCUT2D eigenvalue weighted by atomic mass is 16.3. The molecule has 0 atom stereocenters. The summed E-state index contributed by atoms with van der Waals surface area (Å²) >= 11 is 0. The van der Waals surface area contributed by atoms with E-state index in [1.165, 1.54) is 5.56 Å². The molecule has 0 fully saturated rings. The third kappa shape index (κ3) is 3.44. The third-order valence-electron chi connectivity index (χ3n) is 3.31. The Morgan fingerprint density at radius 3 is 2.82 bits per heavy atom. The van der Waals surface area contributed by atoms with Gasteiger partial charge in [-0.25, -0.2) is 4.98 Å². The number of nitrogens with one attached hydrogen (secondary N) is 2. The zero-order valence-corrected chi connectivity index (χ0v) is 12.6. The summed E-state index contributed by atoms with van der Waals surface area (Å²) in [5.74, 6) is 2.18. The molecule has 5 nitrogen and oxygen atoms in total. The number of hydrogen-bond acceptors (Lipinski definition) is 5. The lowest BCUT2D eigenvalue weighted by Gasteiger charge is -2.10. The Morgan fingerprint density at radius 2 is 2.05 bits per heavy atom. The fourth-order valence-electron chi connectivity index (χ4n) is 2.18. The monoisotopic (exact) mass is 294 g/mol. The second-order valence-corrected chi connectivity index (χ2v) is 5.14. The number of nitrogens with zero attached hydrogens (tertiary/aromatic N) is 2. The summed E-state index contributed by atoms with van der Waals surface area (Å²) in [5.41, 5.74) is 3.41. The zero-order chi connectivity index (χ0) is 15.4. The van der Waals surface area contributed by atoms with Gasteiger partial charge in [0.2, 0.25) is 5.95 Å². The first-order chi connectivity index (χ1) is 10.7. The van der Waals surface area contributed by atoms with Gasteiger partial charge in [-0.3, -0.25) is 0 Å². The van der Waals surface area contributed by atoms with E-state index in [0.29, 0.717) is 12.5 Å². The van der Waals surface area contributed by atoms with Gasteiger partial charge in [0.1, 0.15) is 11.6 Å². The highest BCUT2D eigenvalue weighted by Gasteiger charge is 2.03. The summed E-state index contributed by atoms with van der Waals surface area (Å²) in [4.78, 5) is 8.71. The first-order valence-electron chi connectivity index (χ1n) is 7.14. The molecule has 0 saturated carbocycles. The van der Waals surface area contributed by atoms with Gasteiger partial charge in [-0.1, -0.05) is 17.7 Å².